The van der Waals surface area contributed by atoms with Gasteiger partial charge in [0.25, 0.3) is 0 Å². The summed E-state index contributed by atoms with van der Waals surface area (Å²) in [5.74, 6) is -0.0202. The molecule has 0 bridgehead atoms. The Labute approximate surface area is 118 Å². The van der Waals surface area contributed by atoms with Gasteiger partial charge in [-0.25, -0.2) is 0 Å². The summed E-state index contributed by atoms with van der Waals surface area (Å²) in [6, 6.07) is 10.7. The van der Waals surface area contributed by atoms with Crippen LogP contribution in [0.5, 0.6) is 0 Å². The molecule has 0 unspecified atom stereocenters. The zero-order chi connectivity index (χ0) is 13.9. The molecule has 102 valence electrons. The molecule has 0 heterocycles. The summed E-state index contributed by atoms with van der Waals surface area (Å²) < 4.78 is 0. The fourth-order valence-electron chi connectivity index (χ4n) is 2.82. The molecule has 1 aliphatic rings. The molecule has 20 heavy (non-hydrogen) atoms. The van der Waals surface area contributed by atoms with E-state index in [0.29, 0.717) is 6.54 Å². The van der Waals surface area contributed by atoms with Gasteiger partial charge in [0.15, 0.2) is 0 Å². The van der Waals surface area contributed by atoms with Gasteiger partial charge in [0, 0.05) is 17.6 Å². The Kier molecular flexibility index (Phi) is 3.42. The van der Waals surface area contributed by atoms with Crippen molar-refractivity contribution in [3.05, 3.63) is 54.1 Å². The zero-order valence-corrected chi connectivity index (χ0v) is 11.4. The van der Waals surface area contributed by atoms with Gasteiger partial charge in [0.2, 0.25) is 5.91 Å². The molecule has 3 heteroatoms. The summed E-state index contributed by atoms with van der Waals surface area (Å²) >= 11 is 0. The van der Waals surface area contributed by atoms with Crippen molar-refractivity contribution in [3.8, 4) is 0 Å². The molecule has 1 amide bonds. The van der Waals surface area contributed by atoms with Crippen LogP contribution in [-0.4, -0.2) is 19.0 Å². The molecule has 3 rings (SSSR count). The number of nitrogens with one attached hydrogen (secondary N) is 2. The van der Waals surface area contributed by atoms with E-state index >= 15 is 0 Å². The van der Waals surface area contributed by atoms with Gasteiger partial charge >= 0.3 is 0 Å². The smallest absolute Gasteiger partial charge is 0.239 e. The molecule has 0 spiro atoms. The summed E-state index contributed by atoms with van der Waals surface area (Å²) in [6.07, 6.45) is 3.92. The Morgan fingerprint density at radius 1 is 1.20 bits per heavy atom. The fourth-order valence-corrected chi connectivity index (χ4v) is 2.82. The highest BCUT2D eigenvalue weighted by molar-refractivity contribution is 6.00. The lowest BCUT2D eigenvalue weighted by Crippen LogP contribution is -2.29. The Morgan fingerprint density at radius 3 is 2.80 bits per heavy atom. The summed E-state index contributed by atoms with van der Waals surface area (Å²) in [5, 5.41) is 8.58. The molecule has 0 atom stereocenters. The highest BCUT2D eigenvalue weighted by Gasteiger charge is 2.15. The van der Waals surface area contributed by atoms with E-state index in [-0.39, 0.29) is 12.5 Å². The highest BCUT2D eigenvalue weighted by atomic mass is 16.1. The third-order valence-corrected chi connectivity index (χ3v) is 3.76. The summed E-state index contributed by atoms with van der Waals surface area (Å²) in [5.41, 5.74) is 3.86. The monoisotopic (exact) mass is 266 g/mol. The average molecular weight is 266 g/mol. The van der Waals surface area contributed by atoms with E-state index < -0.39 is 0 Å². The van der Waals surface area contributed by atoms with Gasteiger partial charge in [0.1, 0.15) is 0 Å². The van der Waals surface area contributed by atoms with Crippen molar-refractivity contribution >= 4 is 22.4 Å². The largest absolute Gasteiger partial charge is 0.376 e. The third-order valence-electron chi connectivity index (χ3n) is 3.76. The van der Waals surface area contributed by atoms with Crippen LogP contribution in [-0.2, 0) is 17.6 Å². The SMILES string of the molecule is C=CCNC(=O)CNc1ccc2c3c(cccc13)CC2. The van der Waals surface area contributed by atoms with Crippen LogP contribution in [0.3, 0.4) is 0 Å². The van der Waals surface area contributed by atoms with Crippen molar-refractivity contribution in [2.45, 2.75) is 12.8 Å². The normalized spacial score (nSPS) is 12.4. The molecule has 0 saturated carbocycles. The lowest BCUT2D eigenvalue weighted by Gasteiger charge is -2.11. The van der Waals surface area contributed by atoms with E-state index in [2.05, 4.69) is 47.5 Å². The van der Waals surface area contributed by atoms with Gasteiger partial charge in [-0.3, -0.25) is 4.79 Å². The minimum atomic E-state index is -0.0202. The van der Waals surface area contributed by atoms with Crippen molar-refractivity contribution in [1.29, 1.82) is 0 Å². The zero-order valence-electron chi connectivity index (χ0n) is 11.4. The molecule has 0 aromatic heterocycles. The van der Waals surface area contributed by atoms with E-state index in [1.54, 1.807) is 6.08 Å². The van der Waals surface area contributed by atoms with Crippen LogP contribution in [0.4, 0.5) is 5.69 Å². The number of carbonyl (C=O) groups is 1. The minimum Gasteiger partial charge on any atom is -0.376 e. The lowest BCUT2D eigenvalue weighted by molar-refractivity contribution is -0.119. The number of amides is 1. The maximum Gasteiger partial charge on any atom is 0.239 e. The number of rotatable bonds is 5. The van der Waals surface area contributed by atoms with Crippen molar-refractivity contribution in [3.63, 3.8) is 0 Å². The van der Waals surface area contributed by atoms with E-state index in [1.165, 1.54) is 21.9 Å². The highest BCUT2D eigenvalue weighted by Crippen LogP contribution is 2.34. The van der Waals surface area contributed by atoms with Crippen molar-refractivity contribution in [2.24, 2.45) is 0 Å². The van der Waals surface area contributed by atoms with E-state index in [4.69, 9.17) is 0 Å². The quantitative estimate of drug-likeness (QED) is 0.817. The van der Waals surface area contributed by atoms with E-state index in [0.717, 1.165) is 18.5 Å². The second-order valence-electron chi connectivity index (χ2n) is 5.06. The second kappa shape index (κ2) is 5.37. The van der Waals surface area contributed by atoms with Crippen LogP contribution < -0.4 is 10.6 Å². The van der Waals surface area contributed by atoms with E-state index in [9.17, 15) is 4.79 Å². The number of hydrogen-bond donors (Lipinski definition) is 2. The Balaban J connectivity index is 1.83. The third kappa shape index (κ3) is 2.27. The molecule has 1 aliphatic carbocycles. The molecule has 0 aliphatic heterocycles. The van der Waals surface area contributed by atoms with Crippen LogP contribution in [0.1, 0.15) is 11.1 Å². The predicted octanol–water partition coefficient (Wildman–Crippen LogP) is 2.65. The van der Waals surface area contributed by atoms with Crippen LogP contribution >= 0.6 is 0 Å². The van der Waals surface area contributed by atoms with Gasteiger partial charge < -0.3 is 10.6 Å². The maximum absolute atomic E-state index is 11.6. The van der Waals surface area contributed by atoms with Crippen molar-refractivity contribution in [1.82, 2.24) is 5.32 Å². The lowest BCUT2D eigenvalue weighted by atomic mass is 10.0. The van der Waals surface area contributed by atoms with Gasteiger partial charge in [-0.2, -0.15) is 0 Å². The molecule has 2 aromatic carbocycles. The molecule has 0 saturated heterocycles. The van der Waals surface area contributed by atoms with Crippen LogP contribution in [0.2, 0.25) is 0 Å². The maximum atomic E-state index is 11.6. The number of carbonyl (C=O) groups excluding carboxylic acids is 1. The number of hydrogen-bond acceptors (Lipinski definition) is 2. The summed E-state index contributed by atoms with van der Waals surface area (Å²) in [4.78, 5) is 11.6. The minimum absolute atomic E-state index is 0.0202. The van der Waals surface area contributed by atoms with Gasteiger partial charge in [-0.15, -0.1) is 6.58 Å². The predicted molar refractivity (Wildman–Crippen MR) is 83.1 cm³/mol. The average Bonchev–Trinajstić information content (AvgIpc) is 2.90. The molecule has 0 radical (unpaired) electrons. The summed E-state index contributed by atoms with van der Waals surface area (Å²) in [7, 11) is 0. The van der Waals surface area contributed by atoms with Crippen LogP contribution in [0.15, 0.2) is 43.0 Å². The van der Waals surface area contributed by atoms with Gasteiger partial charge in [-0.1, -0.05) is 30.3 Å². The van der Waals surface area contributed by atoms with Gasteiger partial charge in [-0.05, 0) is 35.4 Å². The standard InChI is InChI=1S/C17H18N2O/c1-2-10-18-16(20)11-19-15-9-8-13-7-6-12-4-3-5-14(15)17(12)13/h2-5,8-9,19H,1,6-7,10-11H2,(H,18,20). The first kappa shape index (κ1) is 12.7. The topological polar surface area (TPSA) is 41.1 Å². The molecule has 2 N–H and O–H groups in total. The van der Waals surface area contributed by atoms with Gasteiger partial charge in [0.05, 0.1) is 6.54 Å². The number of anilines is 1. The fraction of sp³-hybridized carbons (Fsp3) is 0.235. The molecule has 0 fully saturated rings. The first-order valence-electron chi connectivity index (χ1n) is 6.94. The molecule has 3 nitrogen and oxygen atoms in total. The van der Waals surface area contributed by atoms with E-state index in [1.807, 2.05) is 0 Å². The van der Waals surface area contributed by atoms with Crippen molar-refractivity contribution in [2.75, 3.05) is 18.4 Å². The Hall–Kier alpha value is -2.29. The molecule has 2 aromatic rings. The second-order valence-corrected chi connectivity index (χ2v) is 5.06. The van der Waals surface area contributed by atoms with Crippen LogP contribution in [0, 0.1) is 0 Å². The van der Waals surface area contributed by atoms with Crippen molar-refractivity contribution < 1.29 is 4.79 Å². The Bertz CT molecular complexity index is 666. The first-order valence-corrected chi connectivity index (χ1v) is 6.94. The Morgan fingerprint density at radius 2 is 2.00 bits per heavy atom. The number of aryl methyl sites for hydroxylation is 2. The molecular weight excluding hydrogens is 248 g/mol. The molecular formula is C17H18N2O. The first-order chi connectivity index (χ1) is 9.79. The summed E-state index contributed by atoms with van der Waals surface area (Å²) in [6.45, 7) is 4.37. The number of benzene rings is 2. The van der Waals surface area contributed by atoms with Crippen LogP contribution in [0.25, 0.3) is 10.8 Å².